The maximum atomic E-state index is 10.5. The Morgan fingerprint density at radius 3 is 2.20 bits per heavy atom. The van der Waals surface area contributed by atoms with Crippen LogP contribution in [0.4, 0.5) is 0 Å². The number of rotatable bonds is 6. The molecule has 0 bridgehead atoms. The average Bonchev–Trinajstić information content (AvgIpc) is 2.11. The van der Waals surface area contributed by atoms with Gasteiger partial charge in [0.05, 0.1) is 6.61 Å². The fraction of sp³-hybridized carbons (Fsp3) is 0.636. The minimum Gasteiger partial charge on any atom is -0.466 e. The molecule has 0 unspecified atom stereocenters. The first-order valence-corrected chi connectivity index (χ1v) is 4.94. The van der Waals surface area contributed by atoms with Gasteiger partial charge < -0.3 is 9.47 Å². The first-order chi connectivity index (χ1) is 7.02. The Hall–Kier alpha value is -1.32. The van der Waals surface area contributed by atoms with Gasteiger partial charge in [0.2, 0.25) is 0 Å². The Bertz CT molecular complexity index is 243. The van der Waals surface area contributed by atoms with Crippen molar-refractivity contribution in [2.45, 2.75) is 33.6 Å². The molecule has 0 aromatic carbocycles. The van der Waals surface area contributed by atoms with Crippen LogP contribution in [0.3, 0.4) is 0 Å². The summed E-state index contributed by atoms with van der Waals surface area (Å²) in [6.07, 6.45) is 3.49. The summed E-state index contributed by atoms with van der Waals surface area (Å²) in [4.78, 5) is 20.9. The van der Waals surface area contributed by atoms with E-state index in [0.717, 1.165) is 18.4 Å². The van der Waals surface area contributed by atoms with Crippen molar-refractivity contribution in [3.05, 3.63) is 11.6 Å². The van der Waals surface area contributed by atoms with Crippen LogP contribution in [-0.2, 0) is 19.1 Å². The fourth-order valence-electron chi connectivity index (χ4n) is 0.970. The minimum absolute atomic E-state index is 0.253. The van der Waals surface area contributed by atoms with Gasteiger partial charge in [-0.25, -0.2) is 0 Å². The van der Waals surface area contributed by atoms with Gasteiger partial charge >= 0.3 is 11.9 Å². The molecule has 0 aliphatic rings. The zero-order valence-corrected chi connectivity index (χ0v) is 9.54. The topological polar surface area (TPSA) is 52.6 Å². The first-order valence-electron chi connectivity index (χ1n) is 4.94. The molecule has 0 aromatic rings. The van der Waals surface area contributed by atoms with Crippen LogP contribution in [0.25, 0.3) is 0 Å². The summed E-state index contributed by atoms with van der Waals surface area (Å²) in [5.41, 5.74) is 1.13. The van der Waals surface area contributed by atoms with Crippen molar-refractivity contribution in [2.24, 2.45) is 0 Å². The van der Waals surface area contributed by atoms with Crippen molar-refractivity contribution in [3.63, 3.8) is 0 Å². The number of carbonyl (C=O) groups excluding carboxylic acids is 2. The maximum absolute atomic E-state index is 10.5. The number of ether oxygens (including phenoxy) is 2. The predicted octanol–water partition coefficient (Wildman–Crippen LogP) is 1.84. The smallest absolute Gasteiger partial charge is 0.302 e. The number of esters is 2. The van der Waals surface area contributed by atoms with Gasteiger partial charge in [0.1, 0.15) is 6.61 Å². The van der Waals surface area contributed by atoms with E-state index in [9.17, 15) is 9.59 Å². The molecule has 0 aliphatic carbocycles. The SMILES string of the molecule is CC(=O)OCC=C(C)CCCOC(C)=O. The third-order valence-electron chi connectivity index (χ3n) is 1.74. The van der Waals surface area contributed by atoms with Crippen LogP contribution in [0.1, 0.15) is 33.6 Å². The molecule has 0 fully saturated rings. The van der Waals surface area contributed by atoms with Crippen molar-refractivity contribution in [1.29, 1.82) is 0 Å². The van der Waals surface area contributed by atoms with Gasteiger partial charge in [0.15, 0.2) is 0 Å². The van der Waals surface area contributed by atoms with E-state index >= 15 is 0 Å². The largest absolute Gasteiger partial charge is 0.466 e. The molecule has 86 valence electrons. The molecule has 4 heteroatoms. The van der Waals surface area contributed by atoms with E-state index in [0.29, 0.717) is 13.2 Å². The van der Waals surface area contributed by atoms with Gasteiger partial charge in [-0.15, -0.1) is 0 Å². The average molecular weight is 214 g/mol. The summed E-state index contributed by atoms with van der Waals surface area (Å²) in [5, 5.41) is 0. The Kier molecular flexibility index (Phi) is 7.32. The Labute approximate surface area is 90.2 Å². The van der Waals surface area contributed by atoms with Gasteiger partial charge in [0, 0.05) is 13.8 Å². The molecule has 0 atom stereocenters. The molecule has 0 amide bonds. The van der Waals surface area contributed by atoms with E-state index < -0.39 is 0 Å². The van der Waals surface area contributed by atoms with Crippen LogP contribution < -0.4 is 0 Å². The Morgan fingerprint density at radius 2 is 1.67 bits per heavy atom. The van der Waals surface area contributed by atoms with Crippen molar-refractivity contribution in [2.75, 3.05) is 13.2 Å². The summed E-state index contributed by atoms with van der Waals surface area (Å²) in [6.45, 7) is 5.48. The minimum atomic E-state index is -0.279. The highest BCUT2D eigenvalue weighted by Gasteiger charge is 1.95. The summed E-state index contributed by atoms with van der Waals surface area (Å²) in [6, 6.07) is 0. The molecule has 0 N–H and O–H groups in total. The molecular weight excluding hydrogens is 196 g/mol. The van der Waals surface area contributed by atoms with Crippen molar-refractivity contribution < 1.29 is 19.1 Å². The number of hydrogen-bond donors (Lipinski definition) is 0. The van der Waals surface area contributed by atoms with Crippen LogP contribution in [-0.4, -0.2) is 25.2 Å². The van der Waals surface area contributed by atoms with E-state index in [2.05, 4.69) is 0 Å². The van der Waals surface area contributed by atoms with Crippen LogP contribution in [0.15, 0.2) is 11.6 Å². The molecular formula is C11H18O4. The monoisotopic (exact) mass is 214 g/mol. The number of allylic oxidation sites excluding steroid dienone is 1. The molecule has 0 aliphatic heterocycles. The highest BCUT2D eigenvalue weighted by molar-refractivity contribution is 5.66. The lowest BCUT2D eigenvalue weighted by Gasteiger charge is -2.03. The molecule has 0 saturated heterocycles. The van der Waals surface area contributed by atoms with Gasteiger partial charge in [0.25, 0.3) is 0 Å². The molecule has 0 rings (SSSR count). The molecule has 4 nitrogen and oxygen atoms in total. The first kappa shape index (κ1) is 13.7. The van der Waals surface area contributed by atoms with Gasteiger partial charge in [-0.3, -0.25) is 9.59 Å². The summed E-state index contributed by atoms with van der Waals surface area (Å²) < 4.78 is 9.54. The van der Waals surface area contributed by atoms with Crippen LogP contribution in [0.5, 0.6) is 0 Å². The normalized spacial score (nSPS) is 11.0. The number of hydrogen-bond acceptors (Lipinski definition) is 4. The van der Waals surface area contributed by atoms with E-state index in [1.54, 1.807) is 0 Å². The quantitative estimate of drug-likeness (QED) is 0.384. The zero-order chi connectivity index (χ0) is 11.7. The molecule has 0 heterocycles. The predicted molar refractivity (Wildman–Crippen MR) is 56.3 cm³/mol. The number of carbonyl (C=O) groups is 2. The summed E-state index contributed by atoms with van der Waals surface area (Å²) in [7, 11) is 0. The standard InChI is InChI=1S/C11H18O4/c1-9(6-8-15-11(3)13)5-4-7-14-10(2)12/h6H,4-5,7-8H2,1-3H3. The lowest BCUT2D eigenvalue weighted by Crippen LogP contribution is -2.01. The third kappa shape index (κ3) is 10.6. The summed E-state index contributed by atoms with van der Waals surface area (Å²) in [5.74, 6) is -0.532. The van der Waals surface area contributed by atoms with Crippen LogP contribution in [0.2, 0.25) is 0 Å². The van der Waals surface area contributed by atoms with E-state index in [1.165, 1.54) is 13.8 Å². The Balaban J connectivity index is 3.50. The van der Waals surface area contributed by atoms with Crippen LogP contribution >= 0.6 is 0 Å². The fourth-order valence-corrected chi connectivity index (χ4v) is 0.970. The van der Waals surface area contributed by atoms with Gasteiger partial charge in [-0.1, -0.05) is 5.57 Å². The molecule has 0 saturated carbocycles. The second-order valence-corrected chi connectivity index (χ2v) is 3.30. The van der Waals surface area contributed by atoms with Crippen molar-refractivity contribution in [1.82, 2.24) is 0 Å². The van der Waals surface area contributed by atoms with E-state index in [1.807, 2.05) is 13.0 Å². The summed E-state index contributed by atoms with van der Waals surface area (Å²) >= 11 is 0. The van der Waals surface area contributed by atoms with Crippen LogP contribution in [0, 0.1) is 0 Å². The zero-order valence-electron chi connectivity index (χ0n) is 9.54. The van der Waals surface area contributed by atoms with Crippen molar-refractivity contribution in [3.8, 4) is 0 Å². The third-order valence-corrected chi connectivity index (χ3v) is 1.74. The molecule has 15 heavy (non-hydrogen) atoms. The Morgan fingerprint density at radius 1 is 1.07 bits per heavy atom. The van der Waals surface area contributed by atoms with E-state index in [-0.39, 0.29) is 11.9 Å². The molecule has 0 radical (unpaired) electrons. The highest BCUT2D eigenvalue weighted by Crippen LogP contribution is 2.03. The van der Waals surface area contributed by atoms with Crippen molar-refractivity contribution >= 4 is 11.9 Å². The van der Waals surface area contributed by atoms with Gasteiger partial charge in [-0.05, 0) is 25.8 Å². The maximum Gasteiger partial charge on any atom is 0.302 e. The second-order valence-electron chi connectivity index (χ2n) is 3.30. The molecule has 0 spiro atoms. The van der Waals surface area contributed by atoms with Gasteiger partial charge in [-0.2, -0.15) is 0 Å². The second kappa shape index (κ2) is 8.03. The highest BCUT2D eigenvalue weighted by atomic mass is 16.5. The lowest BCUT2D eigenvalue weighted by molar-refractivity contribution is -0.141. The lowest BCUT2D eigenvalue weighted by atomic mass is 10.1. The van der Waals surface area contributed by atoms with E-state index in [4.69, 9.17) is 9.47 Å². The molecule has 0 aromatic heterocycles.